The Morgan fingerprint density at radius 1 is 1.12 bits per heavy atom. The highest BCUT2D eigenvalue weighted by Gasteiger charge is 2.33. The van der Waals surface area contributed by atoms with E-state index in [9.17, 15) is 0 Å². The normalized spacial score (nSPS) is 32.1. The van der Waals surface area contributed by atoms with Crippen LogP contribution in [0.4, 0.5) is 0 Å². The Bertz CT molecular complexity index is 214. The van der Waals surface area contributed by atoms with Crippen molar-refractivity contribution in [1.82, 2.24) is 10.2 Å². The minimum Gasteiger partial charge on any atom is -0.378 e. The van der Waals surface area contributed by atoms with Crippen molar-refractivity contribution < 1.29 is 4.74 Å². The Labute approximate surface area is 106 Å². The second-order valence-electron chi connectivity index (χ2n) is 5.35. The lowest BCUT2D eigenvalue weighted by atomic mass is 10.0. The summed E-state index contributed by atoms with van der Waals surface area (Å²) in [4.78, 5) is 2.70. The molecule has 2 unspecified atom stereocenters. The molecule has 0 radical (unpaired) electrons. The molecule has 1 heterocycles. The average Bonchev–Trinajstić information content (AvgIpc) is 2.79. The molecule has 3 heteroatoms. The van der Waals surface area contributed by atoms with Gasteiger partial charge in [-0.05, 0) is 39.2 Å². The van der Waals surface area contributed by atoms with Crippen LogP contribution in [0.15, 0.2) is 0 Å². The van der Waals surface area contributed by atoms with Crippen molar-refractivity contribution in [3.05, 3.63) is 0 Å². The van der Waals surface area contributed by atoms with Crippen LogP contribution in [-0.4, -0.2) is 49.3 Å². The van der Waals surface area contributed by atoms with E-state index in [2.05, 4.69) is 24.1 Å². The highest BCUT2D eigenvalue weighted by atomic mass is 16.5. The van der Waals surface area contributed by atoms with Crippen LogP contribution in [-0.2, 0) is 4.74 Å². The first-order chi connectivity index (χ1) is 8.35. The number of nitrogens with zero attached hydrogens (tertiary/aromatic N) is 1. The summed E-state index contributed by atoms with van der Waals surface area (Å²) >= 11 is 0. The standard InChI is InChI=1S/C14H28N2O/c1-3-15-13-6-5-7-14(13)16-10-8-12(9-11-16)17-4-2/h12-15H,3-11H2,1-2H3. The number of rotatable bonds is 5. The highest BCUT2D eigenvalue weighted by Crippen LogP contribution is 2.27. The van der Waals surface area contributed by atoms with Crippen LogP contribution in [0.2, 0.25) is 0 Å². The first-order valence-corrected chi connectivity index (χ1v) is 7.44. The third-order valence-electron chi connectivity index (χ3n) is 4.29. The van der Waals surface area contributed by atoms with Crippen molar-refractivity contribution in [2.45, 2.75) is 64.1 Å². The van der Waals surface area contributed by atoms with Crippen molar-refractivity contribution in [3.63, 3.8) is 0 Å². The highest BCUT2D eigenvalue weighted by molar-refractivity contribution is 4.91. The van der Waals surface area contributed by atoms with E-state index in [1.807, 2.05) is 0 Å². The van der Waals surface area contributed by atoms with E-state index in [0.29, 0.717) is 6.10 Å². The van der Waals surface area contributed by atoms with Gasteiger partial charge in [0.1, 0.15) is 0 Å². The molecule has 1 aliphatic heterocycles. The molecule has 17 heavy (non-hydrogen) atoms. The van der Waals surface area contributed by atoms with Crippen molar-refractivity contribution in [1.29, 1.82) is 0 Å². The Morgan fingerprint density at radius 2 is 1.88 bits per heavy atom. The number of likely N-dealkylation sites (tertiary alicyclic amines) is 1. The summed E-state index contributed by atoms with van der Waals surface area (Å²) in [5.74, 6) is 0. The van der Waals surface area contributed by atoms with E-state index in [1.54, 1.807) is 0 Å². The second kappa shape index (κ2) is 6.72. The molecule has 2 atom stereocenters. The van der Waals surface area contributed by atoms with Gasteiger partial charge in [0.25, 0.3) is 0 Å². The zero-order chi connectivity index (χ0) is 12.1. The van der Waals surface area contributed by atoms with E-state index >= 15 is 0 Å². The Hall–Kier alpha value is -0.120. The fraction of sp³-hybridized carbons (Fsp3) is 1.00. The maximum atomic E-state index is 5.73. The van der Waals surface area contributed by atoms with Crippen molar-refractivity contribution in [3.8, 4) is 0 Å². The van der Waals surface area contributed by atoms with Crippen LogP contribution >= 0.6 is 0 Å². The van der Waals surface area contributed by atoms with E-state index < -0.39 is 0 Å². The first-order valence-electron chi connectivity index (χ1n) is 7.44. The summed E-state index contributed by atoms with van der Waals surface area (Å²) < 4.78 is 5.73. The number of hydrogen-bond donors (Lipinski definition) is 1. The molecule has 2 rings (SSSR count). The SMILES string of the molecule is CCNC1CCCC1N1CCC(OCC)CC1. The van der Waals surface area contributed by atoms with Gasteiger partial charge in [-0.15, -0.1) is 0 Å². The molecule has 0 amide bonds. The van der Waals surface area contributed by atoms with E-state index in [1.165, 1.54) is 45.2 Å². The molecule has 1 aliphatic carbocycles. The average molecular weight is 240 g/mol. The van der Waals surface area contributed by atoms with Crippen molar-refractivity contribution in [2.75, 3.05) is 26.2 Å². The van der Waals surface area contributed by atoms with Gasteiger partial charge in [0.2, 0.25) is 0 Å². The minimum atomic E-state index is 0.523. The lowest BCUT2D eigenvalue weighted by Gasteiger charge is -2.38. The van der Waals surface area contributed by atoms with Gasteiger partial charge in [0.05, 0.1) is 6.10 Å². The quantitative estimate of drug-likeness (QED) is 0.795. The van der Waals surface area contributed by atoms with Gasteiger partial charge in [0, 0.05) is 31.8 Å². The number of likely N-dealkylation sites (N-methyl/N-ethyl adjacent to an activating group) is 1. The molecule has 2 fully saturated rings. The summed E-state index contributed by atoms with van der Waals surface area (Å²) in [5.41, 5.74) is 0. The molecule has 1 N–H and O–H groups in total. The third-order valence-corrected chi connectivity index (χ3v) is 4.29. The summed E-state index contributed by atoms with van der Waals surface area (Å²) in [6, 6.07) is 1.53. The van der Waals surface area contributed by atoms with Crippen LogP contribution < -0.4 is 5.32 Å². The van der Waals surface area contributed by atoms with Crippen LogP contribution in [0.5, 0.6) is 0 Å². The molecule has 0 aromatic rings. The Morgan fingerprint density at radius 3 is 2.53 bits per heavy atom. The summed E-state index contributed by atoms with van der Waals surface area (Å²) in [5, 5.41) is 3.66. The topological polar surface area (TPSA) is 24.5 Å². The fourth-order valence-electron chi connectivity index (χ4n) is 3.49. The van der Waals surface area contributed by atoms with E-state index in [-0.39, 0.29) is 0 Å². The number of hydrogen-bond acceptors (Lipinski definition) is 3. The molecule has 0 aromatic carbocycles. The smallest absolute Gasteiger partial charge is 0.0599 e. The maximum absolute atomic E-state index is 5.73. The van der Waals surface area contributed by atoms with E-state index in [4.69, 9.17) is 4.74 Å². The van der Waals surface area contributed by atoms with Crippen LogP contribution in [0.1, 0.15) is 46.0 Å². The van der Waals surface area contributed by atoms with Crippen molar-refractivity contribution in [2.24, 2.45) is 0 Å². The second-order valence-corrected chi connectivity index (χ2v) is 5.35. The minimum absolute atomic E-state index is 0.523. The Kier molecular flexibility index (Phi) is 5.26. The molecular formula is C14H28N2O. The molecule has 0 spiro atoms. The zero-order valence-corrected chi connectivity index (χ0v) is 11.5. The number of ether oxygens (including phenoxy) is 1. The van der Waals surface area contributed by atoms with Gasteiger partial charge >= 0.3 is 0 Å². The van der Waals surface area contributed by atoms with Crippen molar-refractivity contribution >= 4 is 0 Å². The Balaban J connectivity index is 1.79. The molecule has 100 valence electrons. The largest absolute Gasteiger partial charge is 0.378 e. The lowest BCUT2D eigenvalue weighted by molar-refractivity contribution is 0.00181. The molecule has 0 bridgehead atoms. The van der Waals surface area contributed by atoms with E-state index in [0.717, 1.165) is 25.2 Å². The zero-order valence-electron chi connectivity index (χ0n) is 11.5. The molecular weight excluding hydrogens is 212 g/mol. The first kappa shape index (κ1) is 13.3. The van der Waals surface area contributed by atoms with Gasteiger partial charge < -0.3 is 10.1 Å². The predicted molar refractivity (Wildman–Crippen MR) is 71.3 cm³/mol. The van der Waals surface area contributed by atoms with Crippen LogP contribution in [0, 0.1) is 0 Å². The summed E-state index contributed by atoms with van der Waals surface area (Å²) in [6.07, 6.45) is 7.12. The number of piperidine rings is 1. The molecule has 0 aromatic heterocycles. The van der Waals surface area contributed by atoms with Gasteiger partial charge in [-0.25, -0.2) is 0 Å². The lowest BCUT2D eigenvalue weighted by Crippen LogP contribution is -2.50. The monoisotopic (exact) mass is 240 g/mol. The van der Waals surface area contributed by atoms with Gasteiger partial charge in [-0.1, -0.05) is 13.3 Å². The summed E-state index contributed by atoms with van der Waals surface area (Å²) in [6.45, 7) is 8.76. The van der Waals surface area contributed by atoms with Gasteiger partial charge in [0.15, 0.2) is 0 Å². The molecule has 1 saturated heterocycles. The van der Waals surface area contributed by atoms with Crippen LogP contribution in [0.25, 0.3) is 0 Å². The molecule has 1 saturated carbocycles. The van der Waals surface area contributed by atoms with Crippen LogP contribution in [0.3, 0.4) is 0 Å². The third kappa shape index (κ3) is 3.43. The molecule has 2 aliphatic rings. The fourth-order valence-corrected chi connectivity index (χ4v) is 3.49. The summed E-state index contributed by atoms with van der Waals surface area (Å²) in [7, 11) is 0. The molecule has 3 nitrogen and oxygen atoms in total. The number of nitrogens with one attached hydrogen (secondary N) is 1. The maximum Gasteiger partial charge on any atom is 0.0599 e. The van der Waals surface area contributed by atoms with Gasteiger partial charge in [-0.3, -0.25) is 4.90 Å². The van der Waals surface area contributed by atoms with Gasteiger partial charge in [-0.2, -0.15) is 0 Å². The predicted octanol–water partition coefficient (Wildman–Crippen LogP) is 2.02.